The highest BCUT2D eigenvalue weighted by molar-refractivity contribution is 5.29. The molecule has 0 spiro atoms. The molecule has 1 aromatic rings. The fourth-order valence-corrected chi connectivity index (χ4v) is 3.70. The molecule has 0 amide bonds. The molecule has 0 N–H and O–H groups in total. The van der Waals surface area contributed by atoms with Crippen LogP contribution in [-0.4, -0.2) is 42.9 Å². The first-order valence-corrected chi connectivity index (χ1v) is 9.35. The van der Waals surface area contributed by atoms with Crippen molar-refractivity contribution in [1.29, 1.82) is 0 Å². The number of benzene rings is 1. The molecule has 0 heterocycles. The van der Waals surface area contributed by atoms with Gasteiger partial charge in [-0.25, -0.2) is 0 Å². The van der Waals surface area contributed by atoms with Gasteiger partial charge in [-0.1, -0.05) is 12.1 Å². The zero-order valence-corrected chi connectivity index (χ0v) is 16.6. The van der Waals surface area contributed by atoms with Crippen LogP contribution < -0.4 is 4.74 Å². The van der Waals surface area contributed by atoms with E-state index >= 15 is 0 Å². The summed E-state index contributed by atoms with van der Waals surface area (Å²) < 4.78 is 178. The fourth-order valence-electron chi connectivity index (χ4n) is 3.70. The Labute approximate surface area is 178 Å². The SMILES string of the molecule is COc1ccc([C@H]2CC[C@H](C(F)(F)C(F)(F)C(F)(F)C(F)(F)C(F)(F)C(F)(F)F)CC2)cc1. The molecule has 0 saturated heterocycles. The summed E-state index contributed by atoms with van der Waals surface area (Å²) in [5.41, 5.74) is 0.561. The molecule has 0 aromatic heterocycles. The van der Waals surface area contributed by atoms with Crippen LogP contribution in [-0.2, 0) is 0 Å². The highest BCUT2D eigenvalue weighted by Gasteiger charge is 2.91. The predicted octanol–water partition coefficient (Wildman–Crippen LogP) is 7.71. The van der Waals surface area contributed by atoms with E-state index in [9.17, 15) is 57.1 Å². The number of hydrogen-bond acceptors (Lipinski definition) is 1. The Morgan fingerprint density at radius 2 is 1.03 bits per heavy atom. The van der Waals surface area contributed by atoms with Crippen LogP contribution >= 0.6 is 0 Å². The van der Waals surface area contributed by atoms with Gasteiger partial charge in [-0.2, -0.15) is 57.1 Å². The Morgan fingerprint density at radius 1 is 0.606 bits per heavy atom. The molecule has 0 atom stereocenters. The van der Waals surface area contributed by atoms with Gasteiger partial charge in [0, 0.05) is 5.92 Å². The first kappa shape index (κ1) is 27.4. The second kappa shape index (κ2) is 8.40. The van der Waals surface area contributed by atoms with Crippen LogP contribution in [0.2, 0.25) is 0 Å². The summed E-state index contributed by atoms with van der Waals surface area (Å²) in [4.78, 5) is 0. The topological polar surface area (TPSA) is 9.23 Å². The van der Waals surface area contributed by atoms with Crippen molar-refractivity contribution < 1.29 is 61.8 Å². The normalized spacial score (nSPS) is 21.8. The van der Waals surface area contributed by atoms with E-state index in [0.29, 0.717) is 11.3 Å². The summed E-state index contributed by atoms with van der Waals surface area (Å²) in [6.45, 7) is 0. The van der Waals surface area contributed by atoms with Crippen molar-refractivity contribution in [2.75, 3.05) is 7.11 Å². The van der Waals surface area contributed by atoms with Crippen LogP contribution in [0.3, 0.4) is 0 Å². The van der Waals surface area contributed by atoms with Crippen LogP contribution in [0, 0.1) is 5.92 Å². The van der Waals surface area contributed by atoms with Crippen molar-refractivity contribution in [3.05, 3.63) is 29.8 Å². The maximum absolute atomic E-state index is 14.3. The second-order valence-corrected chi connectivity index (χ2v) is 7.74. The van der Waals surface area contributed by atoms with Gasteiger partial charge >= 0.3 is 35.8 Å². The standard InChI is InChI=1S/C19H17F13O/c1-33-13-8-4-11(5-9-13)10-2-6-12(7-3-10)14(20,21)15(22,23)16(24,25)17(26,27)18(28,29)19(30,31)32/h4-5,8-10,12H,2-3,6-7H2,1H3/t10-,12-. The van der Waals surface area contributed by atoms with Crippen molar-refractivity contribution >= 4 is 0 Å². The summed E-state index contributed by atoms with van der Waals surface area (Å²) >= 11 is 0. The first-order valence-electron chi connectivity index (χ1n) is 9.35. The lowest BCUT2D eigenvalue weighted by atomic mass is 9.74. The molecule has 0 radical (unpaired) electrons. The average molecular weight is 508 g/mol. The zero-order chi connectivity index (χ0) is 25.7. The maximum Gasteiger partial charge on any atom is 0.460 e. The van der Waals surface area contributed by atoms with E-state index in [2.05, 4.69) is 0 Å². The van der Waals surface area contributed by atoms with Crippen molar-refractivity contribution in [2.45, 2.75) is 67.4 Å². The molecule has 1 aliphatic rings. The average Bonchev–Trinajstić information content (AvgIpc) is 2.72. The molecule has 190 valence electrons. The van der Waals surface area contributed by atoms with Crippen molar-refractivity contribution in [1.82, 2.24) is 0 Å². The summed E-state index contributed by atoms with van der Waals surface area (Å²) in [5, 5.41) is 0. The second-order valence-electron chi connectivity index (χ2n) is 7.74. The van der Waals surface area contributed by atoms with E-state index in [0.717, 1.165) is 0 Å². The highest BCUT2D eigenvalue weighted by atomic mass is 19.4. The van der Waals surface area contributed by atoms with Gasteiger partial charge in [0.2, 0.25) is 0 Å². The molecule has 1 aliphatic carbocycles. The van der Waals surface area contributed by atoms with E-state index in [1.54, 1.807) is 0 Å². The zero-order valence-electron chi connectivity index (χ0n) is 16.6. The molecule has 1 aromatic carbocycles. The lowest BCUT2D eigenvalue weighted by Gasteiger charge is -2.43. The van der Waals surface area contributed by atoms with E-state index < -0.39 is 60.5 Å². The summed E-state index contributed by atoms with van der Waals surface area (Å²) in [7, 11) is 1.37. The van der Waals surface area contributed by atoms with E-state index in [1.807, 2.05) is 0 Å². The molecule has 2 rings (SSSR count). The Balaban J connectivity index is 2.27. The van der Waals surface area contributed by atoms with E-state index in [1.165, 1.54) is 31.4 Å². The summed E-state index contributed by atoms with van der Waals surface area (Å²) in [5.74, 6) is -39.2. The maximum atomic E-state index is 14.3. The van der Waals surface area contributed by atoms with Crippen LogP contribution in [0.5, 0.6) is 5.75 Å². The minimum Gasteiger partial charge on any atom is -0.497 e. The molecule has 1 nitrogen and oxygen atoms in total. The number of hydrogen-bond donors (Lipinski definition) is 0. The first-order chi connectivity index (χ1) is 14.8. The Morgan fingerprint density at radius 3 is 1.42 bits per heavy atom. The van der Waals surface area contributed by atoms with Gasteiger partial charge in [-0.3, -0.25) is 0 Å². The van der Waals surface area contributed by atoms with Crippen molar-refractivity contribution in [3.8, 4) is 5.75 Å². The number of methoxy groups -OCH3 is 1. The van der Waals surface area contributed by atoms with Gasteiger partial charge in [-0.15, -0.1) is 0 Å². The van der Waals surface area contributed by atoms with Crippen LogP contribution in [0.15, 0.2) is 24.3 Å². The fraction of sp³-hybridized carbons (Fsp3) is 0.684. The molecule has 33 heavy (non-hydrogen) atoms. The van der Waals surface area contributed by atoms with Crippen LogP contribution in [0.4, 0.5) is 57.1 Å². The molecule has 0 unspecified atom stereocenters. The summed E-state index contributed by atoms with van der Waals surface area (Å²) in [6.07, 6.45) is -9.73. The minimum absolute atomic E-state index is 0.274. The molecule has 0 bridgehead atoms. The third kappa shape index (κ3) is 4.22. The number of ether oxygens (including phenoxy) is 1. The smallest absolute Gasteiger partial charge is 0.460 e. The quantitative estimate of drug-likeness (QED) is 0.343. The molecule has 1 saturated carbocycles. The molecule has 1 fully saturated rings. The number of rotatable bonds is 7. The van der Waals surface area contributed by atoms with E-state index in [-0.39, 0.29) is 12.8 Å². The third-order valence-electron chi connectivity index (χ3n) is 5.78. The van der Waals surface area contributed by atoms with Gasteiger partial charge < -0.3 is 4.74 Å². The van der Waals surface area contributed by atoms with Gasteiger partial charge in [0.05, 0.1) is 7.11 Å². The van der Waals surface area contributed by atoms with E-state index in [4.69, 9.17) is 4.74 Å². The lowest BCUT2D eigenvalue weighted by molar-refractivity contribution is -0.443. The molecular weight excluding hydrogens is 491 g/mol. The van der Waals surface area contributed by atoms with Gasteiger partial charge in [-0.05, 0) is 49.3 Å². The Hall–Kier alpha value is -1.89. The van der Waals surface area contributed by atoms with Gasteiger partial charge in [0.1, 0.15) is 5.75 Å². The Bertz CT molecular complexity index is 806. The van der Waals surface area contributed by atoms with Crippen molar-refractivity contribution in [2.24, 2.45) is 5.92 Å². The van der Waals surface area contributed by atoms with Crippen molar-refractivity contribution in [3.63, 3.8) is 0 Å². The molecule has 0 aliphatic heterocycles. The monoisotopic (exact) mass is 508 g/mol. The van der Waals surface area contributed by atoms with Gasteiger partial charge in [0.25, 0.3) is 0 Å². The summed E-state index contributed by atoms with van der Waals surface area (Å²) in [6, 6.07) is 6.08. The highest BCUT2D eigenvalue weighted by Crippen LogP contribution is 2.62. The number of halogens is 13. The predicted molar refractivity (Wildman–Crippen MR) is 88.5 cm³/mol. The number of alkyl halides is 13. The minimum atomic E-state index is -7.86. The van der Waals surface area contributed by atoms with Crippen LogP contribution in [0.25, 0.3) is 0 Å². The molecular formula is C19H17F13O. The third-order valence-corrected chi connectivity index (χ3v) is 5.78. The Kier molecular flexibility index (Phi) is 6.96. The van der Waals surface area contributed by atoms with Gasteiger partial charge in [0.15, 0.2) is 0 Å². The van der Waals surface area contributed by atoms with Crippen LogP contribution in [0.1, 0.15) is 37.2 Å². The largest absolute Gasteiger partial charge is 0.497 e. The lowest BCUT2D eigenvalue weighted by Crippen LogP contribution is -2.71. The molecule has 14 heteroatoms.